The highest BCUT2D eigenvalue weighted by molar-refractivity contribution is 9.10. The lowest BCUT2D eigenvalue weighted by molar-refractivity contribution is -0.118. The third-order valence-electron chi connectivity index (χ3n) is 3.00. The molecule has 3 nitrogen and oxygen atoms in total. The highest BCUT2D eigenvalue weighted by Crippen LogP contribution is 2.30. The van der Waals surface area contributed by atoms with Crippen LogP contribution >= 0.6 is 27.5 Å². The molecule has 0 heterocycles. The van der Waals surface area contributed by atoms with Crippen LogP contribution in [0.5, 0.6) is 0 Å². The van der Waals surface area contributed by atoms with Crippen molar-refractivity contribution in [2.45, 2.75) is 13.0 Å². The number of amides is 1. The summed E-state index contributed by atoms with van der Waals surface area (Å²) in [6, 6.07) is 12.3. The molecule has 0 spiro atoms. The number of benzene rings is 2. The molecule has 1 amide bonds. The third-order valence-corrected chi connectivity index (χ3v) is 3.96. The fraction of sp³-hybridized carbons (Fsp3) is 0.133. The number of aryl methyl sites for hydroxylation is 1. The normalized spacial score (nSPS) is 11.9. The van der Waals surface area contributed by atoms with Gasteiger partial charge in [-0.25, -0.2) is 0 Å². The van der Waals surface area contributed by atoms with Crippen LogP contribution in [-0.4, -0.2) is 5.91 Å². The van der Waals surface area contributed by atoms with Gasteiger partial charge in [-0.1, -0.05) is 45.7 Å². The number of para-hydroxylation sites is 1. The minimum Gasteiger partial charge on any atom is -0.370 e. The van der Waals surface area contributed by atoms with Crippen LogP contribution in [0.25, 0.3) is 0 Å². The fourth-order valence-corrected chi connectivity index (χ4v) is 2.58. The predicted octanol–water partition coefficient (Wildman–Crippen LogP) is 4.05. The first-order chi connectivity index (χ1) is 9.49. The summed E-state index contributed by atoms with van der Waals surface area (Å²) in [5, 5.41) is 3.72. The van der Waals surface area contributed by atoms with E-state index < -0.39 is 11.9 Å². The van der Waals surface area contributed by atoms with Gasteiger partial charge in [-0.05, 0) is 42.3 Å². The number of carbonyl (C=O) groups is 1. The molecule has 0 bridgehead atoms. The molecule has 20 heavy (non-hydrogen) atoms. The minimum absolute atomic E-state index is 0.462. The van der Waals surface area contributed by atoms with E-state index in [0.717, 1.165) is 15.7 Å². The molecule has 1 unspecified atom stereocenters. The van der Waals surface area contributed by atoms with Gasteiger partial charge < -0.3 is 11.1 Å². The molecule has 0 aromatic heterocycles. The summed E-state index contributed by atoms with van der Waals surface area (Å²) in [5.74, 6) is -0.462. The van der Waals surface area contributed by atoms with Crippen molar-refractivity contribution < 1.29 is 4.79 Å². The molecule has 0 saturated carbocycles. The number of hydrogen-bond acceptors (Lipinski definition) is 2. The first-order valence-electron chi connectivity index (χ1n) is 6.05. The van der Waals surface area contributed by atoms with Crippen molar-refractivity contribution in [1.82, 2.24) is 0 Å². The van der Waals surface area contributed by atoms with Crippen LogP contribution in [0, 0.1) is 6.92 Å². The van der Waals surface area contributed by atoms with Gasteiger partial charge in [0, 0.05) is 15.2 Å². The maximum atomic E-state index is 11.8. The van der Waals surface area contributed by atoms with Crippen LogP contribution in [0.1, 0.15) is 17.2 Å². The number of nitrogens with one attached hydrogen (secondary N) is 1. The second kappa shape index (κ2) is 6.29. The van der Waals surface area contributed by atoms with Crippen molar-refractivity contribution in [3.8, 4) is 0 Å². The lowest BCUT2D eigenvalue weighted by Crippen LogP contribution is -2.28. The molecule has 2 aromatic rings. The molecule has 5 heteroatoms. The van der Waals surface area contributed by atoms with E-state index in [9.17, 15) is 4.79 Å². The largest absolute Gasteiger partial charge is 0.370 e. The summed E-state index contributed by atoms with van der Waals surface area (Å²) in [5.41, 5.74) is 8.14. The Morgan fingerprint density at radius 1 is 1.30 bits per heavy atom. The van der Waals surface area contributed by atoms with Gasteiger partial charge in [0.15, 0.2) is 0 Å². The molecule has 0 aliphatic carbocycles. The molecule has 1 atom stereocenters. The lowest BCUT2D eigenvalue weighted by Gasteiger charge is -2.20. The zero-order valence-corrected chi connectivity index (χ0v) is 13.2. The summed E-state index contributed by atoms with van der Waals surface area (Å²) in [4.78, 5) is 11.8. The van der Waals surface area contributed by atoms with Crippen LogP contribution in [-0.2, 0) is 4.79 Å². The molecular weight excluding hydrogens is 340 g/mol. The van der Waals surface area contributed by atoms with E-state index in [-0.39, 0.29) is 0 Å². The molecule has 0 aliphatic heterocycles. The Morgan fingerprint density at radius 3 is 2.65 bits per heavy atom. The quantitative estimate of drug-likeness (QED) is 0.871. The standard InChI is InChI=1S/C15H14BrClN2O/c1-9-4-2-3-5-13(9)19-14(15(18)20)11-8-10(17)6-7-12(11)16/h2-8,14,19H,1H3,(H2,18,20). The monoisotopic (exact) mass is 352 g/mol. The summed E-state index contributed by atoms with van der Waals surface area (Å²) >= 11 is 9.42. The summed E-state index contributed by atoms with van der Waals surface area (Å²) in [6.45, 7) is 1.97. The van der Waals surface area contributed by atoms with Crippen molar-refractivity contribution in [3.05, 3.63) is 63.1 Å². The number of halogens is 2. The van der Waals surface area contributed by atoms with E-state index in [0.29, 0.717) is 10.6 Å². The Hall–Kier alpha value is -1.52. The van der Waals surface area contributed by atoms with Crippen LogP contribution in [0.2, 0.25) is 5.02 Å². The van der Waals surface area contributed by atoms with Gasteiger partial charge in [0.25, 0.3) is 0 Å². The number of nitrogens with two attached hydrogens (primary N) is 1. The molecule has 0 aliphatic rings. The van der Waals surface area contributed by atoms with Gasteiger partial charge in [0.05, 0.1) is 0 Å². The average molecular weight is 354 g/mol. The SMILES string of the molecule is Cc1ccccc1NC(C(N)=O)c1cc(Cl)ccc1Br. The number of hydrogen-bond donors (Lipinski definition) is 2. The van der Waals surface area contributed by atoms with Gasteiger partial charge in [0.1, 0.15) is 6.04 Å². The van der Waals surface area contributed by atoms with Crippen molar-refractivity contribution in [2.75, 3.05) is 5.32 Å². The van der Waals surface area contributed by atoms with Crippen molar-refractivity contribution in [2.24, 2.45) is 5.73 Å². The number of primary amides is 1. The first kappa shape index (κ1) is 14.9. The highest BCUT2D eigenvalue weighted by atomic mass is 79.9. The van der Waals surface area contributed by atoms with Crippen molar-refractivity contribution >= 4 is 39.1 Å². The van der Waals surface area contributed by atoms with Crippen LogP contribution in [0.4, 0.5) is 5.69 Å². The van der Waals surface area contributed by atoms with E-state index in [2.05, 4.69) is 21.2 Å². The second-order valence-corrected chi connectivity index (χ2v) is 5.75. The molecule has 0 radical (unpaired) electrons. The topological polar surface area (TPSA) is 55.1 Å². The van der Waals surface area contributed by atoms with Crippen molar-refractivity contribution in [3.63, 3.8) is 0 Å². The van der Waals surface area contributed by atoms with E-state index in [1.165, 1.54) is 0 Å². The van der Waals surface area contributed by atoms with Crippen molar-refractivity contribution in [1.29, 1.82) is 0 Å². The molecule has 2 rings (SSSR count). The fourth-order valence-electron chi connectivity index (χ4n) is 1.93. The lowest BCUT2D eigenvalue weighted by atomic mass is 10.1. The van der Waals surface area contributed by atoms with E-state index in [1.54, 1.807) is 18.2 Å². The first-order valence-corrected chi connectivity index (χ1v) is 7.22. The molecular formula is C15H14BrClN2O. The van der Waals surface area contributed by atoms with E-state index >= 15 is 0 Å². The van der Waals surface area contributed by atoms with Crippen LogP contribution < -0.4 is 11.1 Å². The smallest absolute Gasteiger partial charge is 0.244 e. The Kier molecular flexibility index (Phi) is 4.68. The Bertz CT molecular complexity index is 646. The number of rotatable bonds is 4. The van der Waals surface area contributed by atoms with E-state index in [4.69, 9.17) is 17.3 Å². The number of carbonyl (C=O) groups excluding carboxylic acids is 1. The van der Waals surface area contributed by atoms with Crippen LogP contribution in [0.15, 0.2) is 46.9 Å². The predicted molar refractivity (Wildman–Crippen MR) is 85.9 cm³/mol. The Balaban J connectivity index is 2.40. The summed E-state index contributed by atoms with van der Waals surface area (Å²) in [7, 11) is 0. The van der Waals surface area contributed by atoms with Gasteiger partial charge in [0.2, 0.25) is 5.91 Å². The Morgan fingerprint density at radius 2 is 2.00 bits per heavy atom. The number of anilines is 1. The zero-order chi connectivity index (χ0) is 14.7. The van der Waals surface area contributed by atoms with Crippen LogP contribution in [0.3, 0.4) is 0 Å². The molecule has 104 valence electrons. The van der Waals surface area contributed by atoms with Gasteiger partial charge in [-0.3, -0.25) is 4.79 Å². The minimum atomic E-state index is -0.649. The van der Waals surface area contributed by atoms with Gasteiger partial charge in [-0.2, -0.15) is 0 Å². The average Bonchev–Trinajstić information content (AvgIpc) is 2.40. The molecule has 2 aromatic carbocycles. The van der Waals surface area contributed by atoms with E-state index in [1.807, 2.05) is 31.2 Å². The van der Waals surface area contributed by atoms with Gasteiger partial charge >= 0.3 is 0 Å². The van der Waals surface area contributed by atoms with Gasteiger partial charge in [-0.15, -0.1) is 0 Å². The molecule has 0 fully saturated rings. The summed E-state index contributed by atoms with van der Waals surface area (Å²) in [6.07, 6.45) is 0. The second-order valence-electron chi connectivity index (χ2n) is 4.46. The summed E-state index contributed by atoms with van der Waals surface area (Å²) < 4.78 is 0.784. The molecule has 0 saturated heterocycles. The zero-order valence-electron chi connectivity index (χ0n) is 10.9. The maximum absolute atomic E-state index is 11.8. The maximum Gasteiger partial charge on any atom is 0.244 e. The highest BCUT2D eigenvalue weighted by Gasteiger charge is 2.21. The molecule has 3 N–H and O–H groups in total. The Labute approximate surface area is 131 Å². The third kappa shape index (κ3) is 3.32.